The lowest BCUT2D eigenvalue weighted by Gasteiger charge is -2.09. The summed E-state index contributed by atoms with van der Waals surface area (Å²) in [4.78, 5) is 1.35. The van der Waals surface area contributed by atoms with Crippen molar-refractivity contribution in [3.8, 4) is 0 Å². The zero-order valence-electron chi connectivity index (χ0n) is 9.66. The largest absolute Gasteiger partial charge is 0.397 e. The summed E-state index contributed by atoms with van der Waals surface area (Å²) in [6.07, 6.45) is 0.930. The highest BCUT2D eigenvalue weighted by atomic mass is 32.1. The highest BCUT2D eigenvalue weighted by Gasteiger charge is 2.02. The quantitative estimate of drug-likeness (QED) is 0.816. The molecule has 0 saturated heterocycles. The van der Waals surface area contributed by atoms with Crippen LogP contribution in [-0.2, 0) is 6.42 Å². The molecule has 90 valence electrons. The van der Waals surface area contributed by atoms with Crippen LogP contribution in [-0.4, -0.2) is 6.54 Å². The molecule has 0 amide bonds. The van der Waals surface area contributed by atoms with Crippen LogP contribution in [0.15, 0.2) is 29.6 Å². The normalized spacial score (nSPS) is 10.5. The molecule has 0 atom stereocenters. The summed E-state index contributed by atoms with van der Waals surface area (Å²) >= 11 is 1.75. The lowest BCUT2D eigenvalue weighted by atomic mass is 10.2. The number of thiophene rings is 1. The van der Waals surface area contributed by atoms with Gasteiger partial charge in [-0.25, -0.2) is 4.39 Å². The van der Waals surface area contributed by atoms with Gasteiger partial charge in [-0.05, 0) is 48.6 Å². The van der Waals surface area contributed by atoms with Crippen molar-refractivity contribution in [3.05, 3.63) is 45.9 Å². The summed E-state index contributed by atoms with van der Waals surface area (Å²) in [6.45, 7) is 2.86. The molecular weight excluding hydrogens is 235 g/mol. The Morgan fingerprint density at radius 1 is 1.35 bits per heavy atom. The standard InChI is InChI=1S/C13H15FN2S/c1-9-5-7-17-13(9)4-6-16-12-8-10(14)2-3-11(12)15/h2-3,5,7-8,16H,4,6,15H2,1H3. The van der Waals surface area contributed by atoms with E-state index in [1.54, 1.807) is 17.4 Å². The molecule has 0 unspecified atom stereocenters. The number of benzene rings is 1. The van der Waals surface area contributed by atoms with E-state index in [1.165, 1.54) is 22.6 Å². The summed E-state index contributed by atoms with van der Waals surface area (Å²) in [5.41, 5.74) is 8.31. The minimum Gasteiger partial charge on any atom is -0.397 e. The maximum atomic E-state index is 13.0. The molecule has 17 heavy (non-hydrogen) atoms. The molecule has 0 aliphatic carbocycles. The van der Waals surface area contributed by atoms with E-state index in [-0.39, 0.29) is 5.82 Å². The molecule has 3 N–H and O–H groups in total. The maximum absolute atomic E-state index is 13.0. The van der Waals surface area contributed by atoms with Crippen molar-refractivity contribution in [1.29, 1.82) is 0 Å². The molecular formula is C13H15FN2S. The van der Waals surface area contributed by atoms with Crippen LogP contribution in [0.4, 0.5) is 15.8 Å². The summed E-state index contributed by atoms with van der Waals surface area (Å²) < 4.78 is 13.0. The van der Waals surface area contributed by atoms with E-state index < -0.39 is 0 Å². The number of hydrogen-bond acceptors (Lipinski definition) is 3. The topological polar surface area (TPSA) is 38.0 Å². The highest BCUT2D eigenvalue weighted by molar-refractivity contribution is 7.10. The van der Waals surface area contributed by atoms with Crippen molar-refractivity contribution in [2.75, 3.05) is 17.6 Å². The van der Waals surface area contributed by atoms with Crippen LogP contribution in [0.3, 0.4) is 0 Å². The Balaban J connectivity index is 1.94. The predicted octanol–water partition coefficient (Wildman–Crippen LogP) is 3.43. The molecule has 1 aromatic carbocycles. The van der Waals surface area contributed by atoms with Gasteiger partial charge in [0, 0.05) is 11.4 Å². The molecule has 0 spiro atoms. The Bertz CT molecular complexity index is 508. The van der Waals surface area contributed by atoms with Crippen molar-refractivity contribution >= 4 is 22.7 Å². The Hall–Kier alpha value is -1.55. The van der Waals surface area contributed by atoms with E-state index in [0.29, 0.717) is 11.4 Å². The fourth-order valence-corrected chi connectivity index (χ4v) is 2.56. The minimum absolute atomic E-state index is 0.269. The zero-order valence-corrected chi connectivity index (χ0v) is 10.5. The van der Waals surface area contributed by atoms with E-state index in [0.717, 1.165) is 13.0 Å². The second kappa shape index (κ2) is 5.19. The second-order valence-electron chi connectivity index (χ2n) is 3.94. The molecule has 0 fully saturated rings. The van der Waals surface area contributed by atoms with E-state index >= 15 is 0 Å². The van der Waals surface area contributed by atoms with Crippen LogP contribution >= 0.6 is 11.3 Å². The maximum Gasteiger partial charge on any atom is 0.125 e. The van der Waals surface area contributed by atoms with E-state index in [9.17, 15) is 4.39 Å². The summed E-state index contributed by atoms with van der Waals surface area (Å²) in [6, 6.07) is 6.48. The molecule has 1 heterocycles. The highest BCUT2D eigenvalue weighted by Crippen LogP contribution is 2.20. The van der Waals surface area contributed by atoms with Gasteiger partial charge in [0.2, 0.25) is 0 Å². The minimum atomic E-state index is -0.269. The number of nitrogen functional groups attached to an aromatic ring is 1. The molecule has 0 radical (unpaired) electrons. The Morgan fingerprint density at radius 3 is 2.88 bits per heavy atom. The number of rotatable bonds is 4. The van der Waals surface area contributed by atoms with Crippen molar-refractivity contribution in [2.45, 2.75) is 13.3 Å². The zero-order chi connectivity index (χ0) is 12.3. The van der Waals surface area contributed by atoms with Gasteiger partial charge in [0.05, 0.1) is 11.4 Å². The Labute approximate surface area is 104 Å². The lowest BCUT2D eigenvalue weighted by molar-refractivity contribution is 0.628. The van der Waals surface area contributed by atoms with Crippen LogP contribution in [0, 0.1) is 12.7 Å². The second-order valence-corrected chi connectivity index (χ2v) is 4.94. The van der Waals surface area contributed by atoms with Gasteiger partial charge in [0.15, 0.2) is 0 Å². The first-order valence-corrected chi connectivity index (χ1v) is 6.36. The summed E-state index contributed by atoms with van der Waals surface area (Å²) in [5, 5.41) is 5.25. The van der Waals surface area contributed by atoms with Crippen LogP contribution in [0.2, 0.25) is 0 Å². The van der Waals surface area contributed by atoms with E-state index in [1.807, 2.05) is 0 Å². The van der Waals surface area contributed by atoms with Crippen molar-refractivity contribution in [1.82, 2.24) is 0 Å². The Kier molecular flexibility index (Phi) is 3.64. The molecule has 2 nitrogen and oxygen atoms in total. The average molecular weight is 250 g/mol. The van der Waals surface area contributed by atoms with Gasteiger partial charge >= 0.3 is 0 Å². The third kappa shape index (κ3) is 2.97. The summed E-state index contributed by atoms with van der Waals surface area (Å²) in [7, 11) is 0. The molecule has 0 aliphatic heterocycles. The molecule has 2 aromatic rings. The fraction of sp³-hybridized carbons (Fsp3) is 0.231. The molecule has 1 aromatic heterocycles. The number of anilines is 2. The van der Waals surface area contributed by atoms with Gasteiger partial charge < -0.3 is 11.1 Å². The van der Waals surface area contributed by atoms with Gasteiger partial charge in [-0.1, -0.05) is 0 Å². The van der Waals surface area contributed by atoms with E-state index in [4.69, 9.17) is 5.73 Å². The first-order valence-electron chi connectivity index (χ1n) is 5.48. The van der Waals surface area contributed by atoms with Gasteiger partial charge in [-0.3, -0.25) is 0 Å². The van der Waals surface area contributed by atoms with Crippen LogP contribution in [0.5, 0.6) is 0 Å². The number of nitrogens with two attached hydrogens (primary N) is 1. The molecule has 0 aliphatic rings. The van der Waals surface area contributed by atoms with Crippen molar-refractivity contribution in [2.24, 2.45) is 0 Å². The molecule has 2 rings (SSSR count). The number of halogens is 1. The van der Waals surface area contributed by atoms with Gasteiger partial charge in [0.1, 0.15) is 5.82 Å². The van der Waals surface area contributed by atoms with Gasteiger partial charge in [0.25, 0.3) is 0 Å². The smallest absolute Gasteiger partial charge is 0.125 e. The fourth-order valence-electron chi connectivity index (χ4n) is 1.65. The van der Waals surface area contributed by atoms with Crippen LogP contribution in [0.1, 0.15) is 10.4 Å². The van der Waals surface area contributed by atoms with Crippen LogP contribution in [0.25, 0.3) is 0 Å². The SMILES string of the molecule is Cc1ccsc1CCNc1cc(F)ccc1N. The lowest BCUT2D eigenvalue weighted by Crippen LogP contribution is -2.06. The van der Waals surface area contributed by atoms with Gasteiger partial charge in [-0.2, -0.15) is 0 Å². The third-order valence-electron chi connectivity index (χ3n) is 2.65. The average Bonchev–Trinajstić information content (AvgIpc) is 2.70. The molecule has 0 bridgehead atoms. The van der Waals surface area contributed by atoms with Crippen LogP contribution < -0.4 is 11.1 Å². The van der Waals surface area contributed by atoms with Crippen molar-refractivity contribution in [3.63, 3.8) is 0 Å². The monoisotopic (exact) mass is 250 g/mol. The summed E-state index contributed by atoms with van der Waals surface area (Å²) in [5.74, 6) is -0.269. The number of nitrogens with one attached hydrogen (secondary N) is 1. The van der Waals surface area contributed by atoms with Crippen molar-refractivity contribution < 1.29 is 4.39 Å². The van der Waals surface area contributed by atoms with E-state index in [2.05, 4.69) is 23.7 Å². The number of aryl methyl sites for hydroxylation is 1. The third-order valence-corrected chi connectivity index (χ3v) is 3.73. The molecule has 0 saturated carbocycles. The van der Waals surface area contributed by atoms with Gasteiger partial charge in [-0.15, -0.1) is 11.3 Å². The first kappa shape index (κ1) is 11.9. The predicted molar refractivity (Wildman–Crippen MR) is 72.1 cm³/mol. The number of hydrogen-bond donors (Lipinski definition) is 2. The Morgan fingerprint density at radius 2 is 2.18 bits per heavy atom. The molecule has 4 heteroatoms. The first-order chi connectivity index (χ1) is 8.16.